The van der Waals surface area contributed by atoms with Gasteiger partial charge in [0.1, 0.15) is 0 Å². The van der Waals surface area contributed by atoms with Crippen LogP contribution in [0.4, 0.5) is 0 Å². The number of nitriles is 1. The molecule has 2 aromatic rings. The predicted octanol–water partition coefficient (Wildman–Crippen LogP) is 3.78. The highest BCUT2D eigenvalue weighted by atomic mass is 14.9. The van der Waals surface area contributed by atoms with Crippen molar-refractivity contribution in [2.24, 2.45) is 11.8 Å². The normalized spacial score (nSPS) is 20.9. The number of aromatic amines is 1. The summed E-state index contributed by atoms with van der Waals surface area (Å²) < 4.78 is 0. The molecule has 1 aromatic carbocycles. The third-order valence-corrected chi connectivity index (χ3v) is 4.47. The third-order valence-electron chi connectivity index (χ3n) is 4.47. The molecule has 0 amide bonds. The molecule has 3 heteroatoms. The van der Waals surface area contributed by atoms with E-state index >= 15 is 0 Å². The zero-order valence-corrected chi connectivity index (χ0v) is 12.8. The lowest BCUT2D eigenvalue weighted by Gasteiger charge is -2.06. The van der Waals surface area contributed by atoms with E-state index in [4.69, 9.17) is 5.26 Å². The zero-order valence-electron chi connectivity index (χ0n) is 12.8. The Morgan fingerprint density at radius 1 is 1.43 bits per heavy atom. The van der Waals surface area contributed by atoms with Gasteiger partial charge in [0.2, 0.25) is 0 Å². The average Bonchev–Trinajstić information content (AvgIpc) is 3.12. The minimum atomic E-state index is 0.652. The molecule has 1 aliphatic rings. The molecule has 1 aromatic heterocycles. The summed E-state index contributed by atoms with van der Waals surface area (Å²) in [6.45, 7) is 6.76. The molecule has 0 aliphatic heterocycles. The second kappa shape index (κ2) is 5.91. The number of aromatic nitrogens is 1. The fraction of sp³-hybridized carbons (Fsp3) is 0.500. The van der Waals surface area contributed by atoms with E-state index in [0.29, 0.717) is 5.92 Å². The third kappa shape index (κ3) is 3.11. The Morgan fingerprint density at radius 2 is 2.29 bits per heavy atom. The maximum absolute atomic E-state index is 9.05. The Morgan fingerprint density at radius 3 is 3.05 bits per heavy atom. The molecule has 0 bridgehead atoms. The van der Waals surface area contributed by atoms with Crippen LogP contribution >= 0.6 is 0 Å². The molecule has 3 rings (SSSR count). The first-order valence-electron chi connectivity index (χ1n) is 7.91. The number of benzene rings is 1. The van der Waals surface area contributed by atoms with Gasteiger partial charge in [-0.1, -0.05) is 13.8 Å². The predicted molar refractivity (Wildman–Crippen MR) is 86.2 cm³/mol. The summed E-state index contributed by atoms with van der Waals surface area (Å²) in [7, 11) is 0. The quantitative estimate of drug-likeness (QED) is 0.792. The number of nitrogens with zero attached hydrogens (tertiary/aromatic N) is 1. The van der Waals surface area contributed by atoms with Crippen molar-refractivity contribution in [1.29, 1.82) is 5.26 Å². The van der Waals surface area contributed by atoms with E-state index in [1.165, 1.54) is 23.8 Å². The van der Waals surface area contributed by atoms with Gasteiger partial charge in [-0.25, -0.2) is 0 Å². The van der Waals surface area contributed by atoms with Crippen LogP contribution in [-0.4, -0.2) is 18.1 Å². The molecule has 1 fully saturated rings. The van der Waals surface area contributed by atoms with Crippen molar-refractivity contribution in [3.63, 3.8) is 0 Å². The van der Waals surface area contributed by atoms with Crippen LogP contribution < -0.4 is 5.32 Å². The van der Waals surface area contributed by atoms with E-state index in [9.17, 15) is 0 Å². The van der Waals surface area contributed by atoms with Gasteiger partial charge in [0.15, 0.2) is 0 Å². The van der Waals surface area contributed by atoms with Gasteiger partial charge in [0, 0.05) is 17.1 Å². The number of rotatable bonds is 6. The van der Waals surface area contributed by atoms with E-state index in [1.807, 2.05) is 18.2 Å². The first-order valence-corrected chi connectivity index (χ1v) is 7.91. The van der Waals surface area contributed by atoms with Crippen molar-refractivity contribution in [2.75, 3.05) is 13.1 Å². The molecule has 1 saturated carbocycles. The summed E-state index contributed by atoms with van der Waals surface area (Å²) in [5, 5.41) is 13.9. The largest absolute Gasteiger partial charge is 0.361 e. The van der Waals surface area contributed by atoms with Crippen LogP contribution in [0.1, 0.15) is 43.7 Å². The Kier molecular flexibility index (Phi) is 3.98. The van der Waals surface area contributed by atoms with Gasteiger partial charge in [0.05, 0.1) is 11.6 Å². The summed E-state index contributed by atoms with van der Waals surface area (Å²) in [5.74, 6) is 2.17. The Balaban J connectivity index is 1.63. The Bertz CT molecular complexity index is 663. The summed E-state index contributed by atoms with van der Waals surface area (Å²) >= 11 is 0. The summed E-state index contributed by atoms with van der Waals surface area (Å²) in [5.41, 5.74) is 3.27. The topological polar surface area (TPSA) is 51.6 Å². The molecule has 0 saturated heterocycles. The molecule has 3 nitrogen and oxygen atoms in total. The van der Waals surface area contributed by atoms with Gasteiger partial charge < -0.3 is 10.3 Å². The number of nitrogens with one attached hydrogen (secondary N) is 2. The molecular formula is C18H23N3. The smallest absolute Gasteiger partial charge is 0.0991 e. The molecule has 2 atom stereocenters. The highest BCUT2D eigenvalue weighted by Crippen LogP contribution is 2.49. The lowest BCUT2D eigenvalue weighted by atomic mass is 10.1. The molecule has 1 heterocycles. The van der Waals surface area contributed by atoms with Gasteiger partial charge in [-0.3, -0.25) is 0 Å². The van der Waals surface area contributed by atoms with Crippen LogP contribution in [0.2, 0.25) is 0 Å². The summed E-state index contributed by atoms with van der Waals surface area (Å²) in [6, 6.07) is 8.13. The molecule has 2 N–H and O–H groups in total. The van der Waals surface area contributed by atoms with Crippen molar-refractivity contribution in [2.45, 2.75) is 32.6 Å². The van der Waals surface area contributed by atoms with Gasteiger partial charge >= 0.3 is 0 Å². The first kappa shape index (κ1) is 14.2. The van der Waals surface area contributed by atoms with E-state index in [2.05, 4.69) is 36.4 Å². The van der Waals surface area contributed by atoms with Crippen LogP contribution in [0.5, 0.6) is 0 Å². The fourth-order valence-corrected chi connectivity index (χ4v) is 3.05. The van der Waals surface area contributed by atoms with Crippen LogP contribution in [0, 0.1) is 23.2 Å². The SMILES string of the molecule is CC(C)CCNC[C@@H]1C[C@H]1c1c[nH]c2ccc(C#N)cc12. The fourth-order valence-electron chi connectivity index (χ4n) is 3.05. The molecular weight excluding hydrogens is 258 g/mol. The van der Waals surface area contributed by atoms with E-state index in [1.54, 1.807) is 0 Å². The maximum Gasteiger partial charge on any atom is 0.0991 e. The minimum absolute atomic E-state index is 0.652. The van der Waals surface area contributed by atoms with E-state index < -0.39 is 0 Å². The number of fused-ring (bicyclic) bond motifs is 1. The molecule has 21 heavy (non-hydrogen) atoms. The number of H-pyrrole nitrogens is 1. The monoisotopic (exact) mass is 281 g/mol. The zero-order chi connectivity index (χ0) is 14.8. The second-order valence-electron chi connectivity index (χ2n) is 6.61. The molecule has 0 radical (unpaired) electrons. The van der Waals surface area contributed by atoms with Gasteiger partial charge in [-0.2, -0.15) is 5.26 Å². The lowest BCUT2D eigenvalue weighted by molar-refractivity contribution is 0.525. The van der Waals surface area contributed by atoms with Crippen molar-refractivity contribution in [3.8, 4) is 6.07 Å². The van der Waals surface area contributed by atoms with Crippen molar-refractivity contribution in [1.82, 2.24) is 10.3 Å². The Labute approximate surface area is 126 Å². The van der Waals surface area contributed by atoms with Gasteiger partial charge in [-0.15, -0.1) is 0 Å². The highest BCUT2D eigenvalue weighted by molar-refractivity contribution is 5.85. The Hall–Kier alpha value is -1.79. The van der Waals surface area contributed by atoms with Crippen molar-refractivity contribution >= 4 is 10.9 Å². The highest BCUT2D eigenvalue weighted by Gasteiger charge is 2.39. The molecule has 110 valence electrons. The summed E-state index contributed by atoms with van der Waals surface area (Å²) in [6.07, 6.45) is 4.64. The lowest BCUT2D eigenvalue weighted by Crippen LogP contribution is -2.19. The van der Waals surface area contributed by atoms with Crippen LogP contribution in [0.3, 0.4) is 0 Å². The minimum Gasteiger partial charge on any atom is -0.361 e. The van der Waals surface area contributed by atoms with E-state index in [0.717, 1.165) is 36.0 Å². The van der Waals surface area contributed by atoms with Gasteiger partial charge in [0.25, 0.3) is 0 Å². The second-order valence-corrected chi connectivity index (χ2v) is 6.61. The van der Waals surface area contributed by atoms with Crippen LogP contribution in [0.25, 0.3) is 10.9 Å². The maximum atomic E-state index is 9.05. The average molecular weight is 281 g/mol. The molecule has 0 unspecified atom stereocenters. The van der Waals surface area contributed by atoms with Crippen molar-refractivity contribution in [3.05, 3.63) is 35.5 Å². The molecule has 0 spiro atoms. The van der Waals surface area contributed by atoms with Crippen LogP contribution in [0.15, 0.2) is 24.4 Å². The first-order chi connectivity index (χ1) is 10.2. The van der Waals surface area contributed by atoms with Gasteiger partial charge in [-0.05, 0) is 67.4 Å². The van der Waals surface area contributed by atoms with Crippen molar-refractivity contribution < 1.29 is 0 Å². The molecule has 1 aliphatic carbocycles. The van der Waals surface area contributed by atoms with Crippen LogP contribution in [-0.2, 0) is 0 Å². The number of hydrogen-bond acceptors (Lipinski definition) is 2. The van der Waals surface area contributed by atoms with E-state index in [-0.39, 0.29) is 0 Å². The number of hydrogen-bond donors (Lipinski definition) is 2. The summed E-state index contributed by atoms with van der Waals surface area (Å²) in [4.78, 5) is 3.33. The standard InChI is InChI=1S/C18H23N3/c1-12(2)5-6-20-10-14-8-15(14)17-11-21-18-4-3-13(9-19)7-16(17)18/h3-4,7,11-12,14-15,20-21H,5-6,8,10H2,1-2H3/t14-,15+/m0/s1.